The number of anilines is 1. The Hall–Kier alpha value is -3.02. The molecule has 3 atom stereocenters. The number of hydrogen-bond donors (Lipinski definition) is 3. The number of aromatic nitrogens is 1. The topological polar surface area (TPSA) is 124 Å². The molecule has 10 nitrogen and oxygen atoms in total. The lowest BCUT2D eigenvalue weighted by Gasteiger charge is -2.37. The second kappa shape index (κ2) is 11.6. The zero-order valence-corrected chi connectivity index (χ0v) is 22.6. The number of amides is 4. The van der Waals surface area contributed by atoms with E-state index in [1.807, 2.05) is 14.0 Å². The molecule has 0 saturated heterocycles. The molecule has 4 amide bonds. The van der Waals surface area contributed by atoms with Crippen molar-refractivity contribution in [1.29, 1.82) is 0 Å². The lowest BCUT2D eigenvalue weighted by atomic mass is 9.81. The number of halogens is 1. The number of carbonyl (C=O) groups is 4. The van der Waals surface area contributed by atoms with Gasteiger partial charge >= 0.3 is 11.8 Å². The van der Waals surface area contributed by atoms with Crippen LogP contribution in [-0.2, 0) is 27.5 Å². The van der Waals surface area contributed by atoms with E-state index in [9.17, 15) is 19.2 Å². The zero-order chi connectivity index (χ0) is 26.7. The molecule has 37 heavy (non-hydrogen) atoms. The average molecular weight is 547 g/mol. The van der Waals surface area contributed by atoms with Crippen LogP contribution < -0.4 is 16.0 Å². The Labute approximate surface area is 224 Å². The summed E-state index contributed by atoms with van der Waals surface area (Å²) < 4.78 is 0. The summed E-state index contributed by atoms with van der Waals surface area (Å²) in [6, 6.07) is 5.37. The van der Waals surface area contributed by atoms with E-state index in [0.717, 1.165) is 17.1 Å². The summed E-state index contributed by atoms with van der Waals surface area (Å²) in [5.74, 6) is -2.26. The molecule has 12 heteroatoms. The highest BCUT2D eigenvalue weighted by molar-refractivity contribution is 7.13. The monoisotopic (exact) mass is 546 g/mol. The van der Waals surface area contributed by atoms with E-state index < -0.39 is 23.9 Å². The van der Waals surface area contributed by atoms with Crippen molar-refractivity contribution in [1.82, 2.24) is 25.4 Å². The predicted octanol–water partition coefficient (Wildman–Crippen LogP) is 2.24. The van der Waals surface area contributed by atoms with Gasteiger partial charge in [0.2, 0.25) is 5.91 Å². The molecule has 198 valence electrons. The molecule has 1 aromatic carbocycles. The zero-order valence-electron chi connectivity index (χ0n) is 21.0. The van der Waals surface area contributed by atoms with Crippen LogP contribution in [0.25, 0.3) is 0 Å². The summed E-state index contributed by atoms with van der Waals surface area (Å²) in [6.45, 7) is 3.94. The van der Waals surface area contributed by atoms with Crippen molar-refractivity contribution in [3.8, 4) is 0 Å². The number of nitrogens with one attached hydrogen (secondary N) is 3. The number of rotatable bonds is 6. The summed E-state index contributed by atoms with van der Waals surface area (Å²) in [4.78, 5) is 60.6. The van der Waals surface area contributed by atoms with Gasteiger partial charge in [0.05, 0.1) is 11.7 Å². The van der Waals surface area contributed by atoms with Crippen LogP contribution in [0.3, 0.4) is 0 Å². The maximum Gasteiger partial charge on any atom is 0.313 e. The highest BCUT2D eigenvalue weighted by Crippen LogP contribution is 2.29. The van der Waals surface area contributed by atoms with Gasteiger partial charge in [-0.1, -0.05) is 11.6 Å². The molecule has 0 spiro atoms. The molecule has 1 fully saturated rings. The van der Waals surface area contributed by atoms with Gasteiger partial charge in [-0.25, -0.2) is 4.98 Å². The molecule has 2 heterocycles. The Morgan fingerprint density at radius 2 is 1.81 bits per heavy atom. The standard InChI is InChI=1S/C25H31ClN6O4S/c1-4-32(3)25(36)14-5-10-17(28-22(34)21(33)27-16-8-6-15(26)7-9-16)18(11-14)29-23(35)24-30-19-12-31(2)13-20(19)37-24/h6-9,14,17-18H,4-5,10-13H2,1-3H3,(H,27,33)(H,28,34)(H,29,35)/t14-,17-,18+/m0/s1. The normalized spacial score (nSPS) is 21.1. The molecule has 3 N–H and O–H groups in total. The predicted molar refractivity (Wildman–Crippen MR) is 141 cm³/mol. The van der Waals surface area contributed by atoms with Crippen molar-refractivity contribution in [2.75, 3.05) is 26.0 Å². The smallest absolute Gasteiger partial charge is 0.313 e. The maximum atomic E-state index is 13.1. The third-order valence-electron chi connectivity index (χ3n) is 6.80. The summed E-state index contributed by atoms with van der Waals surface area (Å²) in [7, 11) is 3.75. The molecule has 0 radical (unpaired) electrons. The van der Waals surface area contributed by atoms with E-state index in [0.29, 0.717) is 48.1 Å². The molecule has 2 aromatic rings. The molecule has 1 aliphatic heterocycles. The summed E-state index contributed by atoms with van der Waals surface area (Å²) in [5, 5.41) is 9.18. The van der Waals surface area contributed by atoms with Crippen molar-refractivity contribution in [2.24, 2.45) is 5.92 Å². The van der Waals surface area contributed by atoms with Gasteiger partial charge in [-0.05, 0) is 57.5 Å². The highest BCUT2D eigenvalue weighted by Gasteiger charge is 2.38. The van der Waals surface area contributed by atoms with Gasteiger partial charge in [0.25, 0.3) is 5.91 Å². The average Bonchev–Trinajstić information content (AvgIpc) is 3.43. The molecular weight excluding hydrogens is 516 g/mol. The van der Waals surface area contributed by atoms with Crippen LogP contribution >= 0.6 is 22.9 Å². The molecule has 1 saturated carbocycles. The van der Waals surface area contributed by atoms with E-state index in [1.165, 1.54) is 11.3 Å². The van der Waals surface area contributed by atoms with E-state index >= 15 is 0 Å². The van der Waals surface area contributed by atoms with Crippen LogP contribution in [-0.4, -0.2) is 71.1 Å². The van der Waals surface area contributed by atoms with Crippen LogP contribution in [0.4, 0.5) is 5.69 Å². The van der Waals surface area contributed by atoms with Crippen LogP contribution in [0.15, 0.2) is 24.3 Å². The first-order chi connectivity index (χ1) is 17.6. The maximum absolute atomic E-state index is 13.1. The second-order valence-electron chi connectivity index (χ2n) is 9.54. The fraction of sp³-hybridized carbons (Fsp3) is 0.480. The largest absolute Gasteiger partial charge is 0.346 e. The second-order valence-corrected chi connectivity index (χ2v) is 11.1. The molecule has 2 aliphatic rings. The number of fused-ring (bicyclic) bond motifs is 1. The summed E-state index contributed by atoms with van der Waals surface area (Å²) in [5.41, 5.74) is 1.34. The van der Waals surface area contributed by atoms with Gasteiger partial charge in [-0.3, -0.25) is 24.1 Å². The Morgan fingerprint density at radius 1 is 1.08 bits per heavy atom. The highest BCUT2D eigenvalue weighted by atomic mass is 35.5. The third-order valence-corrected chi connectivity index (χ3v) is 8.13. The first-order valence-corrected chi connectivity index (χ1v) is 13.4. The number of thiazole rings is 1. The van der Waals surface area contributed by atoms with Crippen molar-refractivity contribution in [2.45, 2.75) is 51.4 Å². The minimum Gasteiger partial charge on any atom is -0.346 e. The molecule has 1 aromatic heterocycles. The molecule has 0 unspecified atom stereocenters. The van der Waals surface area contributed by atoms with Gasteiger partial charge in [-0.15, -0.1) is 11.3 Å². The van der Waals surface area contributed by atoms with Gasteiger partial charge in [-0.2, -0.15) is 0 Å². The van der Waals surface area contributed by atoms with E-state index in [2.05, 4.69) is 25.8 Å². The van der Waals surface area contributed by atoms with Crippen molar-refractivity contribution in [3.63, 3.8) is 0 Å². The quantitative estimate of drug-likeness (QED) is 0.477. The number of hydrogen-bond acceptors (Lipinski definition) is 7. The fourth-order valence-corrected chi connectivity index (χ4v) is 5.84. The molecule has 0 bridgehead atoms. The Balaban J connectivity index is 1.45. The van der Waals surface area contributed by atoms with Gasteiger partial charge < -0.3 is 20.9 Å². The summed E-state index contributed by atoms with van der Waals surface area (Å²) >= 11 is 7.23. The first-order valence-electron chi connectivity index (χ1n) is 12.2. The van der Waals surface area contributed by atoms with Crippen LogP contribution in [0, 0.1) is 5.92 Å². The van der Waals surface area contributed by atoms with Gasteiger partial charge in [0.15, 0.2) is 5.01 Å². The molecular formula is C25H31ClN6O4S. The number of benzene rings is 1. The van der Waals surface area contributed by atoms with Gasteiger partial charge in [0, 0.05) is 54.2 Å². The lowest BCUT2D eigenvalue weighted by molar-refractivity contribution is -0.137. The first kappa shape index (κ1) is 27.0. The van der Waals surface area contributed by atoms with E-state index in [-0.39, 0.29) is 17.7 Å². The minimum absolute atomic E-state index is 0.00303. The molecule has 4 rings (SSSR count). The number of nitrogens with zero attached hydrogens (tertiary/aromatic N) is 3. The van der Waals surface area contributed by atoms with Crippen LogP contribution in [0.2, 0.25) is 5.02 Å². The SMILES string of the molecule is CCN(C)C(=O)[C@H]1CC[C@H](NC(=O)C(=O)Nc2ccc(Cl)cc2)[C@H](NC(=O)c2nc3c(s2)CN(C)C3)C1. The Kier molecular flexibility index (Phi) is 8.46. The number of carbonyl (C=O) groups excluding carboxylic acids is 4. The Bertz CT molecular complexity index is 1160. The van der Waals surface area contributed by atoms with Gasteiger partial charge in [0.1, 0.15) is 0 Å². The van der Waals surface area contributed by atoms with Crippen molar-refractivity contribution < 1.29 is 19.2 Å². The lowest BCUT2D eigenvalue weighted by Crippen LogP contribution is -2.57. The van der Waals surface area contributed by atoms with Crippen molar-refractivity contribution >= 4 is 52.3 Å². The van der Waals surface area contributed by atoms with E-state index in [4.69, 9.17) is 11.6 Å². The third kappa shape index (κ3) is 6.46. The fourth-order valence-electron chi connectivity index (χ4n) is 4.66. The van der Waals surface area contributed by atoms with E-state index in [1.54, 1.807) is 36.2 Å². The summed E-state index contributed by atoms with van der Waals surface area (Å²) in [6.07, 6.45) is 1.34. The minimum atomic E-state index is -0.822. The Morgan fingerprint density at radius 3 is 2.49 bits per heavy atom. The van der Waals surface area contributed by atoms with Crippen LogP contribution in [0.5, 0.6) is 0 Å². The molecule has 1 aliphatic carbocycles. The van der Waals surface area contributed by atoms with Crippen LogP contribution in [0.1, 0.15) is 46.6 Å². The van der Waals surface area contributed by atoms with Crippen molar-refractivity contribution in [3.05, 3.63) is 44.9 Å².